The van der Waals surface area contributed by atoms with Crippen LogP contribution < -0.4 is 4.72 Å². The molecule has 0 spiro atoms. The first-order valence-electron chi connectivity index (χ1n) is 9.38. The number of morpholine rings is 1. The van der Waals surface area contributed by atoms with E-state index in [1.165, 1.54) is 23.3 Å². The van der Waals surface area contributed by atoms with Gasteiger partial charge in [-0.25, -0.2) is 17.4 Å². The van der Waals surface area contributed by atoms with Gasteiger partial charge >= 0.3 is 0 Å². The fourth-order valence-corrected chi connectivity index (χ4v) is 7.50. The van der Waals surface area contributed by atoms with Crippen molar-refractivity contribution < 1.29 is 18.3 Å². The number of rotatable bonds is 6. The van der Waals surface area contributed by atoms with Crippen LogP contribution in [-0.2, 0) is 14.8 Å². The summed E-state index contributed by atoms with van der Waals surface area (Å²) in [4.78, 5) is 2.34. The molecule has 0 aliphatic carbocycles. The molecule has 2 aliphatic heterocycles. The number of β-amino-alcohol motifs (C(OH)–C–C–N with tert-alkyl or cyclic N) is 1. The second-order valence-corrected chi connectivity index (χ2v) is 12.3. The molecule has 7 nitrogen and oxygen atoms in total. The van der Waals surface area contributed by atoms with E-state index >= 15 is 0 Å². The number of thiophene rings is 1. The van der Waals surface area contributed by atoms with E-state index in [1.54, 1.807) is 6.07 Å². The van der Waals surface area contributed by atoms with Gasteiger partial charge in [-0.2, -0.15) is 0 Å². The van der Waals surface area contributed by atoms with E-state index in [1.807, 2.05) is 20.8 Å². The second-order valence-electron chi connectivity index (χ2n) is 8.00. The molecular weight excluding hydrogens is 418 g/mol. The van der Waals surface area contributed by atoms with E-state index in [0.29, 0.717) is 18.7 Å². The summed E-state index contributed by atoms with van der Waals surface area (Å²) in [5.74, 6) is 0. The van der Waals surface area contributed by atoms with Crippen molar-refractivity contribution in [3.63, 3.8) is 0 Å². The Morgan fingerprint density at radius 2 is 1.96 bits per heavy atom. The summed E-state index contributed by atoms with van der Waals surface area (Å²) < 4.78 is 36.3. The second kappa shape index (κ2) is 9.13. The van der Waals surface area contributed by atoms with Crippen LogP contribution in [0.5, 0.6) is 0 Å². The Kier molecular flexibility index (Phi) is 7.25. The molecule has 1 aromatic rings. The highest BCUT2D eigenvalue weighted by Crippen LogP contribution is 2.43. The number of nitrogens with zero attached hydrogens (tertiary/aromatic N) is 2. The molecule has 1 atom stereocenters. The molecule has 2 aliphatic rings. The highest BCUT2D eigenvalue weighted by molar-refractivity contribution is 7.99. The van der Waals surface area contributed by atoms with Crippen molar-refractivity contribution in [1.82, 2.24) is 13.9 Å². The minimum Gasteiger partial charge on any atom is -0.387 e. The van der Waals surface area contributed by atoms with E-state index < -0.39 is 21.7 Å². The average molecular weight is 448 g/mol. The first kappa shape index (κ1) is 22.2. The summed E-state index contributed by atoms with van der Waals surface area (Å²) in [5.41, 5.74) is 0.157. The number of ether oxygens (including phenoxy) is 1. The van der Waals surface area contributed by atoms with Crippen molar-refractivity contribution in [2.75, 3.05) is 45.9 Å². The molecule has 2 N–H and O–H groups in total. The zero-order valence-electron chi connectivity index (χ0n) is 16.6. The molecule has 0 bridgehead atoms. The van der Waals surface area contributed by atoms with E-state index in [0.717, 1.165) is 37.1 Å². The van der Waals surface area contributed by atoms with Crippen LogP contribution in [0.2, 0.25) is 0 Å². The Balaban J connectivity index is 1.60. The topological polar surface area (TPSA) is 82.1 Å². The fourth-order valence-electron chi connectivity index (χ4n) is 3.01. The highest BCUT2D eigenvalue weighted by Gasteiger charge is 2.31. The van der Waals surface area contributed by atoms with Gasteiger partial charge in [0.05, 0.1) is 23.5 Å². The van der Waals surface area contributed by atoms with Crippen molar-refractivity contribution in [3.05, 3.63) is 23.8 Å². The summed E-state index contributed by atoms with van der Waals surface area (Å²) in [5, 5.41) is 10.5. The Morgan fingerprint density at radius 1 is 1.29 bits per heavy atom. The van der Waals surface area contributed by atoms with Crippen LogP contribution in [0.4, 0.5) is 0 Å². The van der Waals surface area contributed by atoms with Crippen molar-refractivity contribution in [2.45, 2.75) is 40.8 Å². The van der Waals surface area contributed by atoms with Crippen LogP contribution in [0.25, 0.3) is 0 Å². The lowest BCUT2D eigenvalue weighted by molar-refractivity contribution is 0.0434. The average Bonchev–Trinajstić information content (AvgIpc) is 3.03. The molecule has 10 heteroatoms. The van der Waals surface area contributed by atoms with Crippen molar-refractivity contribution in [2.24, 2.45) is 0 Å². The summed E-state index contributed by atoms with van der Waals surface area (Å²) in [6, 6.07) is 1.61. The quantitative estimate of drug-likeness (QED) is 0.510. The van der Waals surface area contributed by atoms with Gasteiger partial charge in [-0.1, -0.05) is 12.2 Å². The van der Waals surface area contributed by atoms with Gasteiger partial charge in [0.2, 0.25) is 0 Å². The maximum atomic E-state index is 12.6. The molecule has 28 heavy (non-hydrogen) atoms. The zero-order valence-corrected chi connectivity index (χ0v) is 19.0. The van der Waals surface area contributed by atoms with Crippen molar-refractivity contribution in [3.8, 4) is 0 Å². The maximum absolute atomic E-state index is 12.6. The van der Waals surface area contributed by atoms with Crippen molar-refractivity contribution in [1.29, 1.82) is 0 Å². The minimum atomic E-state index is -3.59. The Hall–Kier alpha value is -0.460. The molecule has 0 radical (unpaired) electrons. The molecule has 1 unspecified atom stereocenters. The molecular formula is C18H29N3O4S3. The molecule has 0 saturated carbocycles. The SMILES string of the molecule is CC(C)(C)NS(=O)(=O)c1cc2c(s1)SN(CC=CCN1CCOCC1)CC2O. The van der Waals surface area contributed by atoms with Gasteiger partial charge in [-0.3, -0.25) is 4.90 Å². The van der Waals surface area contributed by atoms with Gasteiger partial charge in [0.25, 0.3) is 10.0 Å². The molecule has 0 amide bonds. The fraction of sp³-hybridized carbons (Fsp3) is 0.667. The largest absolute Gasteiger partial charge is 0.387 e. The van der Waals surface area contributed by atoms with Crippen LogP contribution in [0.1, 0.15) is 32.4 Å². The number of sulfonamides is 1. The van der Waals surface area contributed by atoms with Gasteiger partial charge in [-0.15, -0.1) is 11.3 Å². The van der Waals surface area contributed by atoms with Crippen LogP contribution in [-0.4, -0.2) is 74.2 Å². The molecule has 3 heterocycles. The third-order valence-electron chi connectivity index (χ3n) is 4.30. The molecule has 1 fully saturated rings. The number of hydrogen-bond acceptors (Lipinski definition) is 8. The predicted octanol–water partition coefficient (Wildman–Crippen LogP) is 2.07. The summed E-state index contributed by atoms with van der Waals surface area (Å²) >= 11 is 2.73. The lowest BCUT2D eigenvalue weighted by Gasteiger charge is -2.28. The predicted molar refractivity (Wildman–Crippen MR) is 113 cm³/mol. The third-order valence-corrected chi connectivity index (χ3v) is 8.91. The van der Waals surface area contributed by atoms with Gasteiger partial charge in [0, 0.05) is 43.8 Å². The third kappa shape index (κ3) is 6.02. The van der Waals surface area contributed by atoms with Gasteiger partial charge < -0.3 is 9.84 Å². The minimum absolute atomic E-state index is 0.253. The summed E-state index contributed by atoms with van der Waals surface area (Å²) in [6.45, 7) is 11.0. The summed E-state index contributed by atoms with van der Waals surface area (Å²) in [7, 11) is -3.59. The number of hydrogen-bond donors (Lipinski definition) is 2. The lowest BCUT2D eigenvalue weighted by Crippen LogP contribution is -2.40. The van der Waals surface area contributed by atoms with Crippen LogP contribution >= 0.6 is 23.3 Å². The van der Waals surface area contributed by atoms with Gasteiger partial charge in [0.1, 0.15) is 4.21 Å². The number of fused-ring (bicyclic) bond motifs is 1. The Labute approximate surface area is 175 Å². The summed E-state index contributed by atoms with van der Waals surface area (Å²) in [6.07, 6.45) is 3.57. The molecule has 1 saturated heterocycles. The van der Waals surface area contributed by atoms with Crippen LogP contribution in [0.15, 0.2) is 26.6 Å². The normalized spacial score (nSPS) is 22.6. The molecule has 158 valence electrons. The molecule has 0 aromatic carbocycles. The Morgan fingerprint density at radius 3 is 2.64 bits per heavy atom. The maximum Gasteiger partial charge on any atom is 0.250 e. The van der Waals surface area contributed by atoms with E-state index in [-0.39, 0.29) is 4.21 Å². The Bertz CT molecular complexity index is 795. The van der Waals surface area contributed by atoms with Crippen LogP contribution in [0, 0.1) is 0 Å². The zero-order chi connectivity index (χ0) is 20.4. The van der Waals surface area contributed by atoms with E-state index in [4.69, 9.17) is 4.74 Å². The van der Waals surface area contributed by atoms with E-state index in [9.17, 15) is 13.5 Å². The van der Waals surface area contributed by atoms with Crippen LogP contribution in [0.3, 0.4) is 0 Å². The molecule has 3 rings (SSSR count). The lowest BCUT2D eigenvalue weighted by atomic mass is 10.1. The monoisotopic (exact) mass is 447 g/mol. The number of aliphatic hydroxyl groups excluding tert-OH is 1. The van der Waals surface area contributed by atoms with Gasteiger partial charge in [0.15, 0.2) is 0 Å². The smallest absolute Gasteiger partial charge is 0.250 e. The van der Waals surface area contributed by atoms with Gasteiger partial charge in [-0.05, 0) is 38.8 Å². The highest BCUT2D eigenvalue weighted by atomic mass is 32.3. The first-order valence-corrected chi connectivity index (χ1v) is 12.5. The standard InChI is InChI=1S/C18H29N3O4S3/c1-18(2,3)19-28(23,24)16-12-14-15(22)13-21(27-17(14)26-16)7-5-4-6-20-8-10-25-11-9-20/h4-5,12,15,19,22H,6-11,13H2,1-3H3. The number of aliphatic hydroxyl groups is 1. The first-order chi connectivity index (χ1) is 13.1. The van der Waals surface area contributed by atoms with Crippen molar-refractivity contribution >= 4 is 33.3 Å². The molecule has 1 aromatic heterocycles. The van der Waals surface area contributed by atoms with E-state index in [2.05, 4.69) is 26.1 Å². The number of nitrogens with one attached hydrogen (secondary N) is 1.